The Kier molecular flexibility index (Phi) is 4.12. The number of fused-ring (bicyclic) bond motifs is 1. The molecular weight excluding hydrogens is 313 g/mol. The van der Waals surface area contributed by atoms with E-state index in [4.69, 9.17) is 4.84 Å². The number of halogens is 1. The molecule has 0 saturated heterocycles. The third-order valence-corrected chi connectivity index (χ3v) is 3.77. The van der Waals surface area contributed by atoms with Gasteiger partial charge in [0, 0.05) is 0 Å². The number of carbonyl (C=O) groups excluding carboxylic acids is 3. The van der Waals surface area contributed by atoms with Crippen LogP contribution in [0.3, 0.4) is 0 Å². The molecule has 0 bridgehead atoms. The highest BCUT2D eigenvalue weighted by Crippen LogP contribution is 2.23. The average molecular weight is 327 g/mol. The maximum Gasteiger partial charge on any atom is 0.336 e. The number of nitrogens with zero attached hydrogens (tertiary/aromatic N) is 1. The number of carbonyl (C=O) groups is 3. The summed E-state index contributed by atoms with van der Waals surface area (Å²) in [5.74, 6) is -3.10. The average Bonchev–Trinajstić information content (AvgIpc) is 2.80. The first kappa shape index (κ1) is 15.9. The fourth-order valence-corrected chi connectivity index (χ4v) is 2.53. The van der Waals surface area contributed by atoms with Crippen molar-refractivity contribution in [3.8, 4) is 0 Å². The second kappa shape index (κ2) is 6.23. The summed E-state index contributed by atoms with van der Waals surface area (Å²) in [6.07, 6.45) is 0.236. The summed E-state index contributed by atoms with van der Waals surface area (Å²) in [7, 11) is 0. The zero-order valence-corrected chi connectivity index (χ0v) is 12.9. The Hall–Kier alpha value is -3.02. The van der Waals surface area contributed by atoms with Gasteiger partial charge >= 0.3 is 5.97 Å². The molecule has 0 aromatic heterocycles. The van der Waals surface area contributed by atoms with Crippen LogP contribution in [0.15, 0.2) is 48.5 Å². The Morgan fingerprint density at radius 3 is 2.29 bits per heavy atom. The van der Waals surface area contributed by atoms with Gasteiger partial charge in [-0.05, 0) is 36.2 Å². The topological polar surface area (TPSA) is 63.7 Å². The van der Waals surface area contributed by atoms with Crippen LogP contribution in [-0.4, -0.2) is 22.8 Å². The number of amides is 2. The van der Waals surface area contributed by atoms with E-state index in [-0.39, 0.29) is 17.5 Å². The molecule has 122 valence electrons. The SMILES string of the molecule is CC(Cc1cccc(F)c1)C(=O)ON1C(=O)c2ccccc2C1=O. The van der Waals surface area contributed by atoms with Gasteiger partial charge in [0.15, 0.2) is 0 Å². The molecule has 2 amide bonds. The fourth-order valence-electron chi connectivity index (χ4n) is 2.53. The fraction of sp³-hybridized carbons (Fsp3) is 0.167. The number of imide groups is 1. The van der Waals surface area contributed by atoms with Gasteiger partial charge in [0.1, 0.15) is 5.82 Å². The van der Waals surface area contributed by atoms with Crippen molar-refractivity contribution in [3.63, 3.8) is 0 Å². The smallest absolute Gasteiger partial charge is 0.329 e. The minimum Gasteiger partial charge on any atom is -0.329 e. The summed E-state index contributed by atoms with van der Waals surface area (Å²) in [4.78, 5) is 41.4. The molecule has 1 aliphatic rings. The molecule has 2 aromatic carbocycles. The molecule has 1 heterocycles. The van der Waals surface area contributed by atoms with Gasteiger partial charge in [-0.15, -0.1) is 0 Å². The molecule has 1 atom stereocenters. The molecule has 1 aliphatic heterocycles. The standard InChI is InChI=1S/C18H14FNO4/c1-11(9-12-5-4-6-13(19)10-12)18(23)24-20-16(21)14-7-2-3-8-15(14)17(20)22/h2-8,10-11H,9H2,1H3. The zero-order valence-electron chi connectivity index (χ0n) is 12.9. The molecule has 0 aliphatic carbocycles. The summed E-state index contributed by atoms with van der Waals surface area (Å²) in [6, 6.07) is 12.1. The van der Waals surface area contributed by atoms with Crippen LogP contribution in [-0.2, 0) is 16.1 Å². The van der Waals surface area contributed by atoms with E-state index in [1.807, 2.05) is 0 Å². The lowest BCUT2D eigenvalue weighted by Crippen LogP contribution is -2.35. The molecule has 0 spiro atoms. The number of benzene rings is 2. The normalized spacial score (nSPS) is 14.5. The molecule has 0 N–H and O–H groups in total. The molecule has 2 aromatic rings. The van der Waals surface area contributed by atoms with E-state index < -0.39 is 29.5 Å². The van der Waals surface area contributed by atoms with Crippen LogP contribution in [0.4, 0.5) is 4.39 Å². The van der Waals surface area contributed by atoms with E-state index in [1.165, 1.54) is 24.3 Å². The molecule has 1 unspecified atom stereocenters. The van der Waals surface area contributed by atoms with Gasteiger partial charge in [-0.25, -0.2) is 9.18 Å². The quantitative estimate of drug-likeness (QED) is 0.810. The molecule has 0 radical (unpaired) electrons. The Morgan fingerprint density at radius 1 is 1.08 bits per heavy atom. The van der Waals surface area contributed by atoms with Crippen LogP contribution >= 0.6 is 0 Å². The van der Waals surface area contributed by atoms with Gasteiger partial charge in [-0.2, -0.15) is 0 Å². The van der Waals surface area contributed by atoms with Gasteiger partial charge < -0.3 is 4.84 Å². The van der Waals surface area contributed by atoms with Crippen molar-refractivity contribution in [2.24, 2.45) is 5.92 Å². The summed E-state index contributed by atoms with van der Waals surface area (Å²) in [5, 5.41) is 0.481. The van der Waals surface area contributed by atoms with Crippen LogP contribution < -0.4 is 0 Å². The molecule has 0 fully saturated rings. The van der Waals surface area contributed by atoms with E-state index in [9.17, 15) is 18.8 Å². The van der Waals surface area contributed by atoms with Crippen molar-refractivity contribution in [2.75, 3.05) is 0 Å². The molecule has 24 heavy (non-hydrogen) atoms. The highest BCUT2D eigenvalue weighted by molar-refractivity contribution is 6.20. The van der Waals surface area contributed by atoms with Crippen LogP contribution in [0.25, 0.3) is 0 Å². The third-order valence-electron chi connectivity index (χ3n) is 3.77. The van der Waals surface area contributed by atoms with E-state index in [2.05, 4.69) is 0 Å². The summed E-state index contributed by atoms with van der Waals surface area (Å²) >= 11 is 0. The Morgan fingerprint density at radius 2 is 1.71 bits per heavy atom. The lowest BCUT2D eigenvalue weighted by Gasteiger charge is -2.16. The van der Waals surface area contributed by atoms with Crippen molar-refractivity contribution < 1.29 is 23.6 Å². The van der Waals surface area contributed by atoms with Gasteiger partial charge in [0.05, 0.1) is 17.0 Å². The first-order valence-corrected chi connectivity index (χ1v) is 7.41. The molecular formula is C18H14FNO4. The summed E-state index contributed by atoms with van der Waals surface area (Å²) in [5.41, 5.74) is 1.03. The van der Waals surface area contributed by atoms with Crippen molar-refractivity contribution in [1.82, 2.24) is 5.06 Å². The van der Waals surface area contributed by atoms with Crippen molar-refractivity contribution >= 4 is 17.8 Å². The van der Waals surface area contributed by atoms with Gasteiger partial charge in [0.2, 0.25) is 0 Å². The highest BCUT2D eigenvalue weighted by Gasteiger charge is 2.39. The van der Waals surface area contributed by atoms with Crippen LogP contribution in [0.5, 0.6) is 0 Å². The number of rotatable bonds is 4. The monoisotopic (exact) mass is 327 g/mol. The summed E-state index contributed by atoms with van der Waals surface area (Å²) < 4.78 is 13.2. The highest BCUT2D eigenvalue weighted by atomic mass is 19.1. The predicted octanol–water partition coefficient (Wildman–Crippen LogP) is 2.76. The first-order chi connectivity index (χ1) is 11.5. The van der Waals surface area contributed by atoms with E-state index in [0.717, 1.165) is 0 Å². The Balaban J connectivity index is 1.69. The van der Waals surface area contributed by atoms with E-state index in [1.54, 1.807) is 31.2 Å². The minimum atomic E-state index is -0.728. The lowest BCUT2D eigenvalue weighted by molar-refractivity contribution is -0.173. The van der Waals surface area contributed by atoms with Crippen molar-refractivity contribution in [2.45, 2.75) is 13.3 Å². The molecule has 5 nitrogen and oxygen atoms in total. The van der Waals surface area contributed by atoms with Gasteiger partial charge in [0.25, 0.3) is 11.8 Å². The number of hydrogen-bond donors (Lipinski definition) is 0. The minimum absolute atomic E-state index is 0.202. The largest absolute Gasteiger partial charge is 0.336 e. The second-order valence-electron chi connectivity index (χ2n) is 5.60. The van der Waals surface area contributed by atoms with Crippen molar-refractivity contribution in [1.29, 1.82) is 0 Å². The molecule has 3 rings (SSSR count). The van der Waals surface area contributed by atoms with E-state index >= 15 is 0 Å². The molecule has 6 heteroatoms. The first-order valence-electron chi connectivity index (χ1n) is 7.41. The molecule has 0 saturated carbocycles. The zero-order chi connectivity index (χ0) is 17.3. The maximum absolute atomic E-state index is 13.2. The lowest BCUT2D eigenvalue weighted by atomic mass is 10.0. The van der Waals surface area contributed by atoms with Gasteiger partial charge in [-0.1, -0.05) is 36.3 Å². The maximum atomic E-state index is 13.2. The number of hydroxylamine groups is 2. The van der Waals surface area contributed by atoms with E-state index in [0.29, 0.717) is 10.6 Å². The number of hydrogen-bond acceptors (Lipinski definition) is 4. The van der Waals surface area contributed by atoms with Crippen molar-refractivity contribution in [3.05, 3.63) is 71.0 Å². The summed E-state index contributed by atoms with van der Waals surface area (Å²) in [6.45, 7) is 1.59. The second-order valence-corrected chi connectivity index (χ2v) is 5.60. The predicted molar refractivity (Wildman–Crippen MR) is 82.3 cm³/mol. The Bertz CT molecular complexity index is 798. The third kappa shape index (κ3) is 2.90. The van der Waals surface area contributed by atoms with Crippen LogP contribution in [0, 0.1) is 11.7 Å². The van der Waals surface area contributed by atoms with Crippen LogP contribution in [0.1, 0.15) is 33.2 Å². The van der Waals surface area contributed by atoms with Gasteiger partial charge in [-0.3, -0.25) is 9.59 Å². The van der Waals surface area contributed by atoms with Crippen LogP contribution in [0.2, 0.25) is 0 Å². The Labute approximate surface area is 137 Å².